The molecule has 2 aromatic heterocycles. The third kappa shape index (κ3) is 10.7. The summed E-state index contributed by atoms with van der Waals surface area (Å²) in [7, 11) is 0. The number of rotatable bonds is 7. The van der Waals surface area contributed by atoms with Crippen molar-refractivity contribution in [3.8, 4) is 11.1 Å². The van der Waals surface area contributed by atoms with Crippen LogP contribution in [0.4, 0.5) is 5.69 Å². The molecule has 0 saturated heterocycles. The molecule has 0 spiro atoms. The number of amides is 5. The first kappa shape index (κ1) is 39.0. The minimum Gasteiger partial charge on any atom is -0.480 e. The van der Waals surface area contributed by atoms with Gasteiger partial charge in [0.05, 0.1) is 0 Å². The Hall–Kier alpha value is -6.67. The van der Waals surface area contributed by atoms with E-state index in [0.717, 1.165) is 11.1 Å². The summed E-state index contributed by atoms with van der Waals surface area (Å²) in [6.45, 7) is 0. The van der Waals surface area contributed by atoms with Crippen LogP contribution in [0, 0.1) is 0 Å². The number of nitrogens with zero attached hydrogens (tertiary/aromatic N) is 1. The van der Waals surface area contributed by atoms with Crippen molar-refractivity contribution in [3.63, 3.8) is 0 Å². The molecule has 4 atom stereocenters. The van der Waals surface area contributed by atoms with Crippen molar-refractivity contribution in [1.29, 1.82) is 0 Å². The van der Waals surface area contributed by atoms with Crippen LogP contribution in [0.5, 0.6) is 0 Å². The number of carboxylic acid groups (broad SMARTS) is 1. The number of anilines is 1. The highest BCUT2D eigenvalue weighted by atomic mass is 32.1. The molecule has 2 aliphatic rings. The lowest BCUT2D eigenvalue weighted by Crippen LogP contribution is -2.58. The van der Waals surface area contributed by atoms with E-state index in [2.05, 4.69) is 31.6 Å². The molecule has 0 saturated carbocycles. The first-order valence-corrected chi connectivity index (χ1v) is 18.9. The number of carboxylic acids is 1. The number of hydrogen-bond acceptors (Lipinski definition) is 8. The third-order valence-corrected chi connectivity index (χ3v) is 10.1. The van der Waals surface area contributed by atoms with Crippen LogP contribution in [0.3, 0.4) is 0 Å². The highest BCUT2D eigenvalue weighted by Crippen LogP contribution is 2.22. The zero-order valence-electron chi connectivity index (χ0n) is 30.1. The molecule has 286 valence electrons. The smallest absolute Gasteiger partial charge is 0.326 e. The maximum absolute atomic E-state index is 14.3. The van der Waals surface area contributed by atoms with Gasteiger partial charge >= 0.3 is 5.97 Å². The Morgan fingerprint density at radius 1 is 0.661 bits per heavy atom. The maximum Gasteiger partial charge on any atom is 0.326 e. The zero-order valence-corrected chi connectivity index (χ0v) is 31.0. The summed E-state index contributed by atoms with van der Waals surface area (Å²) < 4.78 is 0. The van der Waals surface area contributed by atoms with E-state index in [1.165, 1.54) is 17.5 Å². The number of carbonyl (C=O) groups is 6. The van der Waals surface area contributed by atoms with Gasteiger partial charge in [-0.15, -0.1) is 11.3 Å². The highest BCUT2D eigenvalue weighted by Gasteiger charge is 2.33. The molecule has 0 aliphatic carbocycles. The van der Waals surface area contributed by atoms with Crippen LogP contribution in [0.15, 0.2) is 121 Å². The van der Waals surface area contributed by atoms with E-state index in [-0.39, 0.29) is 32.1 Å². The van der Waals surface area contributed by atoms with Crippen molar-refractivity contribution in [2.24, 2.45) is 0 Å². The van der Waals surface area contributed by atoms with Crippen LogP contribution >= 0.6 is 11.3 Å². The predicted octanol–water partition coefficient (Wildman–Crippen LogP) is 3.97. The molecular formula is C42H40N6O7S. The molecule has 14 heteroatoms. The largest absolute Gasteiger partial charge is 0.480 e. The van der Waals surface area contributed by atoms with Crippen LogP contribution in [0.25, 0.3) is 11.1 Å². The topological polar surface area (TPSA) is 196 Å². The van der Waals surface area contributed by atoms with E-state index < -0.39 is 59.7 Å². The van der Waals surface area contributed by atoms with Crippen LogP contribution < -0.4 is 26.6 Å². The zero-order chi connectivity index (χ0) is 39.4. The number of hydrogen-bond donors (Lipinski definition) is 6. The number of aliphatic carboxylic acids is 1. The Bertz CT molecular complexity index is 2150. The summed E-state index contributed by atoms with van der Waals surface area (Å²) in [6.07, 6.45) is 0.960. The molecule has 5 amide bonds. The fraction of sp³-hybridized carbons (Fsp3) is 0.214. The highest BCUT2D eigenvalue weighted by molar-refractivity contribution is 7.10. The monoisotopic (exact) mass is 772 g/mol. The van der Waals surface area contributed by atoms with Crippen molar-refractivity contribution < 1.29 is 33.9 Å². The van der Waals surface area contributed by atoms with Crippen LogP contribution in [-0.4, -0.2) is 63.7 Å². The van der Waals surface area contributed by atoms with Gasteiger partial charge in [-0.1, -0.05) is 78.9 Å². The minimum absolute atomic E-state index is 0.00339. The fourth-order valence-electron chi connectivity index (χ4n) is 6.21. The normalized spacial score (nSPS) is 20.0. The van der Waals surface area contributed by atoms with Crippen LogP contribution in [0.2, 0.25) is 0 Å². The molecule has 2 aliphatic heterocycles. The van der Waals surface area contributed by atoms with Gasteiger partial charge in [-0.25, -0.2) is 4.79 Å². The summed E-state index contributed by atoms with van der Waals surface area (Å²) >= 11 is 1.23. The van der Waals surface area contributed by atoms with Crippen molar-refractivity contribution in [3.05, 3.63) is 142 Å². The first-order valence-electron chi connectivity index (χ1n) is 18.0. The Balaban J connectivity index is 1.34. The number of carbonyl (C=O) groups excluding carboxylic acids is 5. The lowest BCUT2D eigenvalue weighted by atomic mass is 9.99. The SMILES string of the molecule is O=C1CCC(=O)NC(c2cccs2)C(=O)N[C@@H](Cc2ccc(-c3ccccc3)cc2)C(=O)N[C@@H](Cc2ccccn2)C(=O)N[C@H](C(=O)O)Cc2ccc(cc2)N1. The van der Waals surface area contributed by atoms with Gasteiger partial charge in [0.15, 0.2) is 0 Å². The van der Waals surface area contributed by atoms with Crippen molar-refractivity contribution in [2.75, 3.05) is 5.32 Å². The second-order valence-electron chi connectivity index (χ2n) is 13.3. The van der Waals surface area contributed by atoms with Gasteiger partial charge in [-0.2, -0.15) is 0 Å². The first-order chi connectivity index (χ1) is 27.1. The van der Waals surface area contributed by atoms with Crippen molar-refractivity contribution in [1.82, 2.24) is 26.3 Å². The van der Waals surface area contributed by atoms with Gasteiger partial charge in [-0.05, 0) is 58.0 Å². The van der Waals surface area contributed by atoms with E-state index >= 15 is 0 Å². The van der Waals surface area contributed by atoms with E-state index in [1.54, 1.807) is 60.0 Å². The number of thiophene rings is 1. The number of fused-ring (bicyclic) bond motifs is 18. The lowest BCUT2D eigenvalue weighted by molar-refractivity contribution is -0.142. The number of pyridine rings is 1. The second kappa shape index (κ2) is 18.6. The predicted molar refractivity (Wildman–Crippen MR) is 210 cm³/mol. The van der Waals surface area contributed by atoms with Crippen LogP contribution in [0.1, 0.15) is 40.6 Å². The molecule has 7 rings (SSSR count). The van der Waals surface area contributed by atoms with Gasteiger partial charge < -0.3 is 31.7 Å². The average molecular weight is 773 g/mol. The second-order valence-corrected chi connectivity index (χ2v) is 14.3. The third-order valence-electron chi connectivity index (χ3n) is 9.17. The number of aromatic nitrogens is 1. The van der Waals surface area contributed by atoms with Gasteiger partial charge in [0.25, 0.3) is 0 Å². The average Bonchev–Trinajstić information content (AvgIpc) is 3.74. The molecule has 2 bridgehead atoms. The maximum atomic E-state index is 14.3. The van der Waals surface area contributed by atoms with E-state index in [1.807, 2.05) is 54.6 Å². The fourth-order valence-corrected chi connectivity index (χ4v) is 6.98. The summed E-state index contributed by atoms with van der Waals surface area (Å²) in [4.78, 5) is 85.6. The molecule has 3 aromatic carbocycles. The van der Waals surface area contributed by atoms with Gasteiger partial charge in [0, 0.05) is 54.6 Å². The van der Waals surface area contributed by atoms with Crippen molar-refractivity contribution >= 4 is 52.5 Å². The Morgan fingerprint density at radius 3 is 2.00 bits per heavy atom. The standard InChI is InChI=1S/C42H40N6O7S/c49-36-19-20-37(50)48-38(35-10-6-22-56-35)41(53)46-32(23-26-11-15-29(16-12-26)28-7-2-1-3-8-28)39(51)45-33(25-31-9-4-5-21-43-31)40(52)47-34(42(54)55)24-27-13-17-30(44-36)18-14-27/h1-18,21-22,32-34,38H,19-20,23-25H2,(H,44,49)(H,45,51)(H,46,53)(H,47,52)(H,48,50)(H,54,55)/t32-,33-,34-,38?/m0/s1. The molecule has 0 radical (unpaired) electrons. The van der Waals surface area contributed by atoms with Gasteiger partial charge in [-0.3, -0.25) is 29.0 Å². The van der Waals surface area contributed by atoms with Gasteiger partial charge in [0.1, 0.15) is 24.2 Å². The lowest BCUT2D eigenvalue weighted by Gasteiger charge is -2.26. The molecule has 13 nitrogen and oxygen atoms in total. The molecule has 6 N–H and O–H groups in total. The quantitative estimate of drug-likeness (QED) is 0.134. The summed E-state index contributed by atoms with van der Waals surface area (Å²) in [5.74, 6) is -4.47. The van der Waals surface area contributed by atoms with Crippen molar-refractivity contribution in [2.45, 2.75) is 56.3 Å². The molecule has 56 heavy (non-hydrogen) atoms. The number of nitrogens with one attached hydrogen (secondary N) is 5. The van der Waals surface area contributed by atoms with Gasteiger partial charge in [0.2, 0.25) is 29.5 Å². The van der Waals surface area contributed by atoms with E-state index in [9.17, 15) is 33.9 Å². The van der Waals surface area contributed by atoms with E-state index in [4.69, 9.17) is 0 Å². The molecule has 1 unspecified atom stereocenters. The summed E-state index contributed by atoms with van der Waals surface area (Å²) in [6, 6.07) is 27.0. The van der Waals surface area contributed by atoms with E-state index in [0.29, 0.717) is 27.4 Å². The minimum atomic E-state index is -1.37. The number of benzene rings is 3. The molecular weight excluding hydrogens is 733 g/mol. The summed E-state index contributed by atoms with van der Waals surface area (Å²) in [5.41, 5.74) is 4.08. The Kier molecular flexibility index (Phi) is 13.0. The van der Waals surface area contributed by atoms with Crippen LogP contribution in [-0.2, 0) is 48.0 Å². The summed E-state index contributed by atoms with van der Waals surface area (Å²) in [5, 5.41) is 25.4. The molecule has 5 aromatic rings. The molecule has 0 fully saturated rings. The molecule has 4 heterocycles. The Morgan fingerprint density at radius 2 is 1.32 bits per heavy atom. The Labute approximate surface area is 327 Å².